The minimum atomic E-state index is 0.0377. The highest BCUT2D eigenvalue weighted by Crippen LogP contribution is 2.34. The van der Waals surface area contributed by atoms with Crippen molar-refractivity contribution in [1.29, 1.82) is 0 Å². The molecule has 0 saturated heterocycles. The van der Waals surface area contributed by atoms with E-state index in [1.54, 1.807) is 0 Å². The molecule has 0 fully saturated rings. The molecular formula is C21H21NO2. The summed E-state index contributed by atoms with van der Waals surface area (Å²) in [6, 6.07) is 24.1. The number of aliphatic hydroxyl groups is 2. The van der Waals surface area contributed by atoms with Gasteiger partial charge in [-0.1, -0.05) is 42.0 Å². The van der Waals surface area contributed by atoms with Gasteiger partial charge in [-0.15, -0.1) is 0 Å². The summed E-state index contributed by atoms with van der Waals surface area (Å²) in [5.41, 5.74) is 6.09. The van der Waals surface area contributed by atoms with E-state index in [1.165, 1.54) is 5.56 Å². The molecule has 0 aliphatic rings. The largest absolute Gasteiger partial charge is 0.392 e. The first kappa shape index (κ1) is 16.2. The van der Waals surface area contributed by atoms with E-state index in [1.807, 2.05) is 48.5 Å². The van der Waals surface area contributed by atoms with E-state index in [2.05, 4.69) is 36.1 Å². The second-order valence-electron chi connectivity index (χ2n) is 5.82. The van der Waals surface area contributed by atoms with Crippen LogP contribution in [0.5, 0.6) is 0 Å². The summed E-state index contributed by atoms with van der Waals surface area (Å²) in [6.07, 6.45) is 0. The van der Waals surface area contributed by atoms with E-state index in [-0.39, 0.29) is 13.2 Å². The maximum absolute atomic E-state index is 9.25. The molecule has 0 heterocycles. The molecule has 0 aliphatic carbocycles. The fourth-order valence-corrected chi connectivity index (χ4v) is 2.64. The van der Waals surface area contributed by atoms with Gasteiger partial charge in [-0.2, -0.15) is 0 Å². The molecule has 2 N–H and O–H groups in total. The van der Waals surface area contributed by atoms with Crippen LogP contribution in [0.1, 0.15) is 16.7 Å². The van der Waals surface area contributed by atoms with Crippen LogP contribution in [0.3, 0.4) is 0 Å². The molecule has 0 aliphatic heterocycles. The van der Waals surface area contributed by atoms with Gasteiger partial charge in [-0.3, -0.25) is 0 Å². The molecule has 24 heavy (non-hydrogen) atoms. The van der Waals surface area contributed by atoms with Gasteiger partial charge in [0.1, 0.15) is 0 Å². The lowest BCUT2D eigenvalue weighted by atomic mass is 10.1. The first-order valence-electron chi connectivity index (χ1n) is 7.97. The summed E-state index contributed by atoms with van der Waals surface area (Å²) >= 11 is 0. The van der Waals surface area contributed by atoms with Crippen molar-refractivity contribution >= 4 is 17.1 Å². The zero-order valence-electron chi connectivity index (χ0n) is 13.7. The lowest BCUT2D eigenvalue weighted by Crippen LogP contribution is -2.10. The van der Waals surface area contributed by atoms with Crippen molar-refractivity contribution in [2.24, 2.45) is 0 Å². The molecule has 0 aromatic heterocycles. The molecular weight excluding hydrogens is 298 g/mol. The number of aliphatic hydroxyl groups excluding tert-OH is 2. The van der Waals surface area contributed by atoms with Crippen LogP contribution in [-0.2, 0) is 13.2 Å². The number of rotatable bonds is 5. The molecule has 3 aromatic carbocycles. The number of nitrogens with zero attached hydrogens (tertiary/aromatic N) is 1. The van der Waals surface area contributed by atoms with Gasteiger partial charge in [0.25, 0.3) is 0 Å². The lowest BCUT2D eigenvalue weighted by Gasteiger charge is -2.26. The van der Waals surface area contributed by atoms with E-state index in [0.717, 1.165) is 28.2 Å². The average Bonchev–Trinajstić information content (AvgIpc) is 2.64. The molecule has 0 unspecified atom stereocenters. The second kappa shape index (κ2) is 7.30. The summed E-state index contributed by atoms with van der Waals surface area (Å²) in [4.78, 5) is 2.15. The second-order valence-corrected chi connectivity index (χ2v) is 5.82. The Morgan fingerprint density at radius 2 is 0.917 bits per heavy atom. The predicted molar refractivity (Wildman–Crippen MR) is 97.7 cm³/mol. The van der Waals surface area contributed by atoms with Gasteiger partial charge in [0.2, 0.25) is 0 Å². The monoisotopic (exact) mass is 319 g/mol. The minimum Gasteiger partial charge on any atom is -0.392 e. The molecule has 0 amide bonds. The van der Waals surface area contributed by atoms with Crippen LogP contribution >= 0.6 is 0 Å². The zero-order chi connectivity index (χ0) is 16.9. The van der Waals surface area contributed by atoms with Gasteiger partial charge in [-0.05, 0) is 54.4 Å². The Balaban J connectivity index is 2.06. The molecule has 122 valence electrons. The molecule has 3 aromatic rings. The van der Waals surface area contributed by atoms with Crippen LogP contribution in [0.15, 0.2) is 72.8 Å². The minimum absolute atomic E-state index is 0.0377. The van der Waals surface area contributed by atoms with Gasteiger partial charge in [0.05, 0.1) is 13.2 Å². The Labute approximate surface area is 142 Å². The van der Waals surface area contributed by atoms with Gasteiger partial charge >= 0.3 is 0 Å². The van der Waals surface area contributed by atoms with Gasteiger partial charge in [0.15, 0.2) is 0 Å². The molecule has 3 rings (SSSR count). The van der Waals surface area contributed by atoms with Crippen LogP contribution < -0.4 is 4.90 Å². The van der Waals surface area contributed by atoms with Gasteiger partial charge < -0.3 is 15.1 Å². The van der Waals surface area contributed by atoms with E-state index in [9.17, 15) is 10.2 Å². The number of hydrogen-bond acceptors (Lipinski definition) is 3. The number of benzene rings is 3. The quantitative estimate of drug-likeness (QED) is 0.730. The summed E-state index contributed by atoms with van der Waals surface area (Å²) in [5.74, 6) is 0. The fraction of sp³-hybridized carbons (Fsp3) is 0.143. The summed E-state index contributed by atoms with van der Waals surface area (Å²) in [6.45, 7) is 2.15. The number of hydrogen-bond donors (Lipinski definition) is 2. The standard InChI is InChI=1S/C21H21NO2/c1-16-2-8-19(9-3-16)22(20-10-4-17(14-23)5-11-20)21-12-6-18(15-24)7-13-21/h2-13,23-24H,14-15H2,1H3. The molecule has 0 spiro atoms. The summed E-state index contributed by atoms with van der Waals surface area (Å²) in [7, 11) is 0. The lowest BCUT2D eigenvalue weighted by molar-refractivity contribution is 0.281. The van der Waals surface area contributed by atoms with E-state index in [0.29, 0.717) is 0 Å². The van der Waals surface area contributed by atoms with Crippen molar-refractivity contribution < 1.29 is 10.2 Å². The topological polar surface area (TPSA) is 43.7 Å². The van der Waals surface area contributed by atoms with Gasteiger partial charge in [0, 0.05) is 17.1 Å². The molecule has 0 atom stereocenters. The maximum Gasteiger partial charge on any atom is 0.0681 e. The molecule has 3 nitrogen and oxygen atoms in total. The Morgan fingerprint density at radius 1 is 0.583 bits per heavy atom. The van der Waals surface area contributed by atoms with E-state index < -0.39 is 0 Å². The van der Waals surface area contributed by atoms with E-state index in [4.69, 9.17) is 0 Å². The first-order valence-corrected chi connectivity index (χ1v) is 7.97. The van der Waals surface area contributed by atoms with Crippen LogP contribution in [0.4, 0.5) is 17.1 Å². The number of aryl methyl sites for hydroxylation is 1. The Bertz CT molecular complexity index is 730. The van der Waals surface area contributed by atoms with Crippen molar-refractivity contribution in [2.45, 2.75) is 20.1 Å². The van der Waals surface area contributed by atoms with Crippen molar-refractivity contribution in [2.75, 3.05) is 4.90 Å². The summed E-state index contributed by atoms with van der Waals surface area (Å²) in [5, 5.41) is 18.5. The van der Waals surface area contributed by atoms with Crippen LogP contribution in [0.2, 0.25) is 0 Å². The van der Waals surface area contributed by atoms with Crippen molar-refractivity contribution in [3.8, 4) is 0 Å². The molecule has 0 radical (unpaired) electrons. The van der Waals surface area contributed by atoms with E-state index >= 15 is 0 Å². The highest BCUT2D eigenvalue weighted by Gasteiger charge is 2.12. The Morgan fingerprint density at radius 3 is 1.25 bits per heavy atom. The van der Waals surface area contributed by atoms with Crippen LogP contribution in [-0.4, -0.2) is 10.2 Å². The molecule has 3 heteroatoms. The SMILES string of the molecule is Cc1ccc(N(c2ccc(CO)cc2)c2ccc(CO)cc2)cc1. The predicted octanol–water partition coefficient (Wildman–Crippen LogP) is 4.45. The van der Waals surface area contributed by atoms with Crippen molar-refractivity contribution in [3.05, 3.63) is 89.5 Å². The number of anilines is 3. The Hall–Kier alpha value is -2.62. The van der Waals surface area contributed by atoms with Crippen LogP contribution in [0, 0.1) is 6.92 Å². The third-order valence-corrected chi connectivity index (χ3v) is 4.05. The highest BCUT2D eigenvalue weighted by molar-refractivity contribution is 5.76. The normalized spacial score (nSPS) is 10.6. The van der Waals surface area contributed by atoms with Crippen LogP contribution in [0.25, 0.3) is 0 Å². The smallest absolute Gasteiger partial charge is 0.0681 e. The molecule has 0 bridgehead atoms. The maximum atomic E-state index is 9.25. The van der Waals surface area contributed by atoms with Gasteiger partial charge in [-0.25, -0.2) is 0 Å². The van der Waals surface area contributed by atoms with Crippen molar-refractivity contribution in [1.82, 2.24) is 0 Å². The average molecular weight is 319 g/mol. The zero-order valence-corrected chi connectivity index (χ0v) is 13.7. The fourth-order valence-electron chi connectivity index (χ4n) is 2.64. The third kappa shape index (κ3) is 3.48. The third-order valence-electron chi connectivity index (χ3n) is 4.05. The highest BCUT2D eigenvalue weighted by atomic mass is 16.3. The molecule has 0 saturated carbocycles. The summed E-state index contributed by atoms with van der Waals surface area (Å²) < 4.78 is 0. The first-order chi connectivity index (χ1) is 11.7. The Kier molecular flexibility index (Phi) is 4.94. The van der Waals surface area contributed by atoms with Crippen molar-refractivity contribution in [3.63, 3.8) is 0 Å².